The maximum atomic E-state index is 11.9. The van der Waals surface area contributed by atoms with Gasteiger partial charge in [0.05, 0.1) is 126 Å². The molecule has 0 aliphatic rings. The summed E-state index contributed by atoms with van der Waals surface area (Å²) in [6.07, 6.45) is 18.9. The summed E-state index contributed by atoms with van der Waals surface area (Å²) in [4.78, 5) is 13.4. The molecule has 0 saturated heterocycles. The smallest absolute Gasteiger partial charge is 0.410 e. The number of carbonyl (C=O) groups is 1. The van der Waals surface area contributed by atoms with E-state index < -0.39 is 5.60 Å². The van der Waals surface area contributed by atoms with Crippen LogP contribution < -0.4 is 0 Å². The first-order chi connectivity index (χ1) is 26.9. The molecule has 0 N–H and O–H groups in total. The van der Waals surface area contributed by atoms with E-state index in [-0.39, 0.29) is 6.09 Å². The van der Waals surface area contributed by atoms with Crippen LogP contribution in [0.4, 0.5) is 4.79 Å². The Bertz CT molecular complexity index is 759. The summed E-state index contributed by atoms with van der Waals surface area (Å²) in [5, 5.41) is 0. The third kappa shape index (κ3) is 47.1. The molecule has 13 nitrogen and oxygen atoms in total. The van der Waals surface area contributed by atoms with Crippen LogP contribution in [0, 0.1) is 0 Å². The van der Waals surface area contributed by atoms with E-state index in [0.29, 0.717) is 132 Å². The highest BCUT2D eigenvalue weighted by atomic mass is 16.6. The van der Waals surface area contributed by atoms with E-state index in [1.807, 2.05) is 20.8 Å². The Hall–Kier alpha value is -1.13. The molecular formula is C42H85NO12. The van der Waals surface area contributed by atoms with Crippen LogP contribution in [-0.4, -0.2) is 162 Å². The van der Waals surface area contributed by atoms with Crippen molar-refractivity contribution in [1.82, 2.24) is 4.90 Å². The molecule has 0 aromatic heterocycles. The van der Waals surface area contributed by atoms with Crippen LogP contribution >= 0.6 is 0 Å². The number of likely N-dealkylation sites (N-methyl/N-ethyl adjacent to an activating group) is 1. The number of hydrogen-bond acceptors (Lipinski definition) is 12. The molecule has 13 heteroatoms. The molecule has 0 heterocycles. The average molecular weight is 796 g/mol. The van der Waals surface area contributed by atoms with E-state index >= 15 is 0 Å². The maximum Gasteiger partial charge on any atom is 0.410 e. The normalized spacial score (nSPS) is 11.8. The first-order valence-electron chi connectivity index (χ1n) is 21.6. The van der Waals surface area contributed by atoms with Crippen LogP contribution in [0.5, 0.6) is 0 Å². The van der Waals surface area contributed by atoms with Gasteiger partial charge in [-0.25, -0.2) is 4.79 Å². The second-order valence-electron chi connectivity index (χ2n) is 14.6. The van der Waals surface area contributed by atoms with E-state index in [0.717, 1.165) is 13.0 Å². The van der Waals surface area contributed by atoms with Crippen LogP contribution in [0.25, 0.3) is 0 Å². The Morgan fingerprint density at radius 3 is 0.873 bits per heavy atom. The van der Waals surface area contributed by atoms with Gasteiger partial charge in [0.2, 0.25) is 0 Å². The molecule has 0 rings (SSSR count). The Morgan fingerprint density at radius 1 is 0.364 bits per heavy atom. The Morgan fingerprint density at radius 2 is 0.600 bits per heavy atom. The molecule has 0 unspecified atom stereocenters. The van der Waals surface area contributed by atoms with Gasteiger partial charge in [-0.2, -0.15) is 0 Å². The predicted molar refractivity (Wildman–Crippen MR) is 217 cm³/mol. The third-order valence-corrected chi connectivity index (χ3v) is 8.27. The van der Waals surface area contributed by atoms with E-state index in [1.165, 1.54) is 88.4 Å². The fourth-order valence-electron chi connectivity index (χ4n) is 5.11. The number of unbranched alkanes of at least 4 members (excludes halogenated alkanes) is 13. The molecule has 0 bridgehead atoms. The number of rotatable bonds is 45. The zero-order valence-corrected chi connectivity index (χ0v) is 36.1. The van der Waals surface area contributed by atoms with Gasteiger partial charge in [-0.1, -0.05) is 90.4 Å². The van der Waals surface area contributed by atoms with Crippen molar-refractivity contribution in [3.63, 3.8) is 0 Å². The van der Waals surface area contributed by atoms with Crippen molar-refractivity contribution >= 4 is 6.09 Å². The van der Waals surface area contributed by atoms with Gasteiger partial charge >= 0.3 is 6.09 Å². The van der Waals surface area contributed by atoms with Crippen molar-refractivity contribution in [3.05, 3.63) is 0 Å². The maximum absolute atomic E-state index is 11.9. The summed E-state index contributed by atoms with van der Waals surface area (Å²) in [6.45, 7) is 18.9. The largest absolute Gasteiger partial charge is 0.444 e. The molecule has 0 saturated carbocycles. The quantitative estimate of drug-likeness (QED) is 0.0568. The van der Waals surface area contributed by atoms with Gasteiger partial charge in [0.1, 0.15) is 5.60 Å². The number of hydrogen-bond donors (Lipinski definition) is 0. The summed E-state index contributed by atoms with van der Waals surface area (Å²) in [5.41, 5.74) is -0.508. The molecule has 0 aliphatic carbocycles. The highest BCUT2D eigenvalue weighted by Crippen LogP contribution is 2.13. The molecule has 330 valence electrons. The average Bonchev–Trinajstić information content (AvgIpc) is 3.15. The molecule has 1 amide bonds. The molecule has 0 atom stereocenters. The van der Waals surface area contributed by atoms with Crippen LogP contribution in [-0.2, 0) is 52.1 Å². The van der Waals surface area contributed by atoms with Gasteiger partial charge in [-0.05, 0) is 27.2 Å². The molecule has 0 aliphatic heterocycles. The van der Waals surface area contributed by atoms with Crippen molar-refractivity contribution in [2.45, 2.75) is 123 Å². The summed E-state index contributed by atoms with van der Waals surface area (Å²) in [7, 11) is 1.69. The van der Waals surface area contributed by atoms with Gasteiger partial charge < -0.3 is 57.0 Å². The molecule has 0 aromatic carbocycles. The molecule has 0 radical (unpaired) electrons. The predicted octanol–water partition coefficient (Wildman–Crippen LogP) is 7.50. The molecule has 0 fully saturated rings. The van der Waals surface area contributed by atoms with Crippen molar-refractivity contribution in [1.29, 1.82) is 0 Å². The van der Waals surface area contributed by atoms with Crippen LogP contribution in [0.3, 0.4) is 0 Å². The number of carbonyl (C=O) groups excluding carboxylic acids is 1. The Labute approximate surface area is 336 Å². The SMILES string of the molecule is CCCCCCCCCCCCCCCCOCCOCCOCCOCCOCCOCCOCCOCCOCCOCCN(C)C(=O)OC(C)(C)C. The van der Waals surface area contributed by atoms with Gasteiger partial charge in [-0.15, -0.1) is 0 Å². The fourth-order valence-corrected chi connectivity index (χ4v) is 5.11. The topological polar surface area (TPSA) is 122 Å². The highest BCUT2D eigenvalue weighted by Gasteiger charge is 2.19. The van der Waals surface area contributed by atoms with E-state index in [2.05, 4.69) is 6.92 Å². The lowest BCUT2D eigenvalue weighted by Gasteiger charge is -2.24. The highest BCUT2D eigenvalue weighted by molar-refractivity contribution is 5.67. The van der Waals surface area contributed by atoms with Crippen molar-refractivity contribution < 1.29 is 56.9 Å². The lowest BCUT2D eigenvalue weighted by molar-refractivity contribution is -0.0267. The number of amides is 1. The fraction of sp³-hybridized carbons (Fsp3) is 0.976. The Balaban J connectivity index is 3.12. The minimum Gasteiger partial charge on any atom is -0.444 e. The summed E-state index contributed by atoms with van der Waals surface area (Å²) < 4.78 is 60.6. The third-order valence-electron chi connectivity index (χ3n) is 8.27. The van der Waals surface area contributed by atoms with Crippen LogP contribution in [0.1, 0.15) is 118 Å². The van der Waals surface area contributed by atoms with Gasteiger partial charge in [0.25, 0.3) is 0 Å². The minimum atomic E-state index is -0.508. The summed E-state index contributed by atoms with van der Waals surface area (Å²) >= 11 is 0. The van der Waals surface area contributed by atoms with E-state index in [1.54, 1.807) is 7.05 Å². The second-order valence-corrected chi connectivity index (χ2v) is 14.6. The molecule has 0 spiro atoms. The molecular weight excluding hydrogens is 710 g/mol. The Kier molecular flexibility index (Phi) is 43.1. The zero-order chi connectivity index (χ0) is 40.2. The minimum absolute atomic E-state index is 0.360. The number of nitrogens with zero attached hydrogens (tertiary/aromatic N) is 1. The van der Waals surface area contributed by atoms with E-state index in [9.17, 15) is 4.79 Å². The van der Waals surface area contributed by atoms with Gasteiger partial charge in [0.15, 0.2) is 0 Å². The van der Waals surface area contributed by atoms with Crippen LogP contribution in [0.15, 0.2) is 0 Å². The van der Waals surface area contributed by atoms with Gasteiger partial charge in [0, 0.05) is 20.2 Å². The lowest BCUT2D eigenvalue weighted by Crippen LogP contribution is -2.36. The first-order valence-corrected chi connectivity index (χ1v) is 21.6. The van der Waals surface area contributed by atoms with Crippen molar-refractivity contribution in [3.8, 4) is 0 Å². The first kappa shape index (κ1) is 53.9. The van der Waals surface area contributed by atoms with Gasteiger partial charge in [-0.3, -0.25) is 0 Å². The zero-order valence-electron chi connectivity index (χ0n) is 36.1. The second kappa shape index (κ2) is 44.0. The van der Waals surface area contributed by atoms with E-state index in [4.69, 9.17) is 52.1 Å². The summed E-state index contributed by atoms with van der Waals surface area (Å²) in [6, 6.07) is 0. The van der Waals surface area contributed by atoms with Crippen molar-refractivity contribution in [2.75, 3.05) is 146 Å². The number of ether oxygens (including phenoxy) is 11. The molecule has 0 aromatic rings. The standard InChI is InChI=1S/C42H85NO12/c1-6-7-8-9-10-11-12-13-14-15-16-17-18-19-21-45-23-25-47-27-29-49-31-33-51-35-37-53-39-40-54-38-36-52-34-32-50-30-28-48-26-24-46-22-20-43(5)41(44)55-42(2,3)4/h6-40H2,1-5H3. The van der Waals surface area contributed by atoms with Crippen molar-refractivity contribution in [2.24, 2.45) is 0 Å². The lowest BCUT2D eigenvalue weighted by atomic mass is 10.0. The summed E-state index contributed by atoms with van der Waals surface area (Å²) in [5.74, 6) is 0. The molecule has 55 heavy (non-hydrogen) atoms. The monoisotopic (exact) mass is 796 g/mol. The van der Waals surface area contributed by atoms with Crippen LogP contribution in [0.2, 0.25) is 0 Å².